The molecular formula is C14H18N6O2. The van der Waals surface area contributed by atoms with Crippen LogP contribution in [0.4, 0.5) is 0 Å². The lowest BCUT2D eigenvalue weighted by molar-refractivity contribution is 0.367. The number of aliphatic imine (C=N–C) groups is 1. The zero-order valence-corrected chi connectivity index (χ0v) is 12.3. The largest absolute Gasteiger partial charge is 0.507 e. The van der Waals surface area contributed by atoms with Crippen LogP contribution in [0, 0.1) is 0 Å². The first-order valence-electron chi connectivity index (χ1n) is 6.96. The molecule has 2 aromatic rings. The Hall–Kier alpha value is -2.58. The second kappa shape index (κ2) is 5.00. The van der Waals surface area contributed by atoms with Crippen molar-refractivity contribution in [2.45, 2.75) is 26.1 Å². The maximum absolute atomic E-state index is 12.8. The molecule has 2 heterocycles. The van der Waals surface area contributed by atoms with Crippen LogP contribution >= 0.6 is 0 Å². The number of hydrogen-bond acceptors (Lipinski definition) is 7. The number of aromatic hydroxyl groups is 1. The van der Waals surface area contributed by atoms with E-state index in [-0.39, 0.29) is 22.8 Å². The zero-order chi connectivity index (χ0) is 15.9. The van der Waals surface area contributed by atoms with Gasteiger partial charge in [0.2, 0.25) is 5.96 Å². The Morgan fingerprint density at radius 2 is 2.18 bits per heavy atom. The molecule has 1 aromatic heterocycles. The highest BCUT2D eigenvalue weighted by molar-refractivity contribution is 5.87. The lowest BCUT2D eigenvalue weighted by atomic mass is 10.00. The van der Waals surface area contributed by atoms with Crippen molar-refractivity contribution < 1.29 is 5.11 Å². The summed E-state index contributed by atoms with van der Waals surface area (Å²) in [5.74, 6) is 5.54. The van der Waals surface area contributed by atoms with E-state index in [1.165, 1.54) is 0 Å². The number of pyridine rings is 1. The molecule has 0 saturated heterocycles. The number of aromatic nitrogens is 1. The fourth-order valence-electron chi connectivity index (χ4n) is 2.79. The molecule has 1 unspecified atom stereocenters. The van der Waals surface area contributed by atoms with Gasteiger partial charge in [0, 0.05) is 11.9 Å². The van der Waals surface area contributed by atoms with Crippen LogP contribution in [0.5, 0.6) is 5.75 Å². The first-order valence-corrected chi connectivity index (χ1v) is 6.96. The second-order valence-corrected chi connectivity index (χ2v) is 5.22. The van der Waals surface area contributed by atoms with Gasteiger partial charge >= 0.3 is 0 Å². The van der Waals surface area contributed by atoms with Crippen molar-refractivity contribution in [1.82, 2.24) is 20.8 Å². The topological polar surface area (TPSA) is 117 Å². The number of aryl methyl sites for hydroxylation is 1. The minimum Gasteiger partial charge on any atom is -0.507 e. The SMILES string of the molecule is CCn1c(=O)c(C2(C)N=C(NN)NN2)c(O)c2ccccc21. The van der Waals surface area contributed by atoms with E-state index in [0.29, 0.717) is 17.4 Å². The molecule has 0 aliphatic carbocycles. The van der Waals surface area contributed by atoms with Gasteiger partial charge in [-0.25, -0.2) is 16.3 Å². The lowest BCUT2D eigenvalue weighted by Crippen LogP contribution is -2.48. The maximum atomic E-state index is 12.8. The molecule has 8 heteroatoms. The number of rotatable bonds is 2. The fraction of sp³-hybridized carbons (Fsp3) is 0.286. The molecule has 0 bridgehead atoms. The Morgan fingerprint density at radius 3 is 2.82 bits per heavy atom. The van der Waals surface area contributed by atoms with Crippen LogP contribution in [0.25, 0.3) is 10.9 Å². The van der Waals surface area contributed by atoms with Crippen LogP contribution in [0.2, 0.25) is 0 Å². The molecule has 0 radical (unpaired) electrons. The van der Waals surface area contributed by atoms with Gasteiger partial charge in [-0.15, -0.1) is 0 Å². The number of nitrogens with zero attached hydrogens (tertiary/aromatic N) is 2. The van der Waals surface area contributed by atoms with Crippen molar-refractivity contribution in [1.29, 1.82) is 0 Å². The van der Waals surface area contributed by atoms with Crippen molar-refractivity contribution in [3.63, 3.8) is 0 Å². The molecule has 22 heavy (non-hydrogen) atoms. The van der Waals surface area contributed by atoms with Crippen molar-refractivity contribution in [3.05, 3.63) is 40.2 Å². The van der Waals surface area contributed by atoms with Gasteiger partial charge < -0.3 is 9.67 Å². The van der Waals surface area contributed by atoms with Crippen LogP contribution in [0.15, 0.2) is 34.1 Å². The third kappa shape index (κ3) is 1.92. The third-order valence-corrected chi connectivity index (χ3v) is 3.85. The summed E-state index contributed by atoms with van der Waals surface area (Å²) in [6.45, 7) is 4.06. The van der Waals surface area contributed by atoms with Gasteiger partial charge in [0.25, 0.3) is 5.56 Å². The van der Waals surface area contributed by atoms with E-state index in [1.54, 1.807) is 17.6 Å². The van der Waals surface area contributed by atoms with Crippen molar-refractivity contribution >= 4 is 16.9 Å². The van der Waals surface area contributed by atoms with Gasteiger partial charge in [0.15, 0.2) is 5.66 Å². The second-order valence-electron chi connectivity index (χ2n) is 5.22. The number of benzene rings is 1. The molecule has 116 valence electrons. The number of guanidine groups is 1. The minimum absolute atomic E-state index is 0.0795. The fourth-order valence-corrected chi connectivity index (χ4v) is 2.79. The Kier molecular flexibility index (Phi) is 3.27. The Morgan fingerprint density at radius 1 is 1.45 bits per heavy atom. The Balaban J connectivity index is 2.36. The van der Waals surface area contributed by atoms with E-state index in [9.17, 15) is 9.90 Å². The first-order chi connectivity index (χ1) is 10.5. The van der Waals surface area contributed by atoms with Gasteiger partial charge in [-0.2, -0.15) is 0 Å². The van der Waals surface area contributed by atoms with Crippen LogP contribution in [-0.2, 0) is 12.2 Å². The summed E-state index contributed by atoms with van der Waals surface area (Å²) in [4.78, 5) is 17.1. The van der Waals surface area contributed by atoms with Gasteiger partial charge in [-0.3, -0.25) is 15.6 Å². The van der Waals surface area contributed by atoms with E-state index >= 15 is 0 Å². The van der Waals surface area contributed by atoms with Crippen molar-refractivity contribution in [2.24, 2.45) is 10.8 Å². The lowest BCUT2D eigenvalue weighted by Gasteiger charge is -2.23. The van der Waals surface area contributed by atoms with E-state index in [2.05, 4.69) is 21.3 Å². The molecule has 0 saturated carbocycles. The molecule has 8 nitrogen and oxygen atoms in total. The minimum atomic E-state index is -1.12. The summed E-state index contributed by atoms with van der Waals surface area (Å²) < 4.78 is 1.61. The summed E-state index contributed by atoms with van der Waals surface area (Å²) in [5.41, 5.74) is 7.44. The van der Waals surface area contributed by atoms with Crippen LogP contribution in [0.1, 0.15) is 19.4 Å². The van der Waals surface area contributed by atoms with E-state index in [0.717, 1.165) is 0 Å². The normalized spacial score (nSPS) is 20.8. The van der Waals surface area contributed by atoms with Gasteiger partial charge in [-0.05, 0) is 26.0 Å². The quantitative estimate of drug-likeness (QED) is 0.388. The first kappa shape index (κ1) is 14.4. The highest BCUT2D eigenvalue weighted by Crippen LogP contribution is 2.34. The molecule has 1 atom stereocenters. The molecule has 0 fully saturated rings. The summed E-state index contributed by atoms with van der Waals surface area (Å²) >= 11 is 0. The predicted molar refractivity (Wildman–Crippen MR) is 83.9 cm³/mol. The van der Waals surface area contributed by atoms with Crippen LogP contribution in [-0.4, -0.2) is 15.6 Å². The number of hydrogen-bond donors (Lipinski definition) is 5. The molecule has 0 spiro atoms. The number of nitrogens with two attached hydrogens (primary N) is 1. The Labute approximate surface area is 126 Å². The molecule has 0 amide bonds. The van der Waals surface area contributed by atoms with E-state index in [4.69, 9.17) is 5.84 Å². The molecule has 1 aromatic carbocycles. The van der Waals surface area contributed by atoms with E-state index < -0.39 is 5.66 Å². The average molecular weight is 302 g/mol. The molecule has 1 aliphatic rings. The average Bonchev–Trinajstić information content (AvgIpc) is 2.90. The van der Waals surface area contributed by atoms with Gasteiger partial charge in [-0.1, -0.05) is 12.1 Å². The van der Waals surface area contributed by atoms with Crippen molar-refractivity contribution in [2.75, 3.05) is 0 Å². The van der Waals surface area contributed by atoms with Gasteiger partial charge in [0.05, 0.1) is 5.52 Å². The summed E-state index contributed by atoms with van der Waals surface area (Å²) in [6, 6.07) is 7.23. The molecule has 1 aliphatic heterocycles. The molecule has 3 rings (SSSR count). The molecular weight excluding hydrogens is 284 g/mol. The Bertz CT molecular complexity index is 828. The van der Waals surface area contributed by atoms with Crippen LogP contribution in [0.3, 0.4) is 0 Å². The number of nitrogens with one attached hydrogen (secondary N) is 3. The van der Waals surface area contributed by atoms with E-state index in [1.807, 2.05) is 25.1 Å². The highest BCUT2D eigenvalue weighted by atomic mass is 16.3. The number of fused-ring (bicyclic) bond motifs is 1. The van der Waals surface area contributed by atoms with Gasteiger partial charge in [0.1, 0.15) is 11.3 Å². The summed E-state index contributed by atoms with van der Waals surface area (Å²) in [6.07, 6.45) is 0. The molecule has 6 N–H and O–H groups in total. The van der Waals surface area contributed by atoms with Crippen LogP contribution < -0.4 is 27.7 Å². The number of para-hydroxylation sites is 1. The predicted octanol–water partition coefficient (Wildman–Crippen LogP) is -0.173. The third-order valence-electron chi connectivity index (χ3n) is 3.85. The highest BCUT2D eigenvalue weighted by Gasteiger charge is 2.38. The zero-order valence-electron chi connectivity index (χ0n) is 12.3. The monoisotopic (exact) mass is 302 g/mol. The standard InChI is InChI=1S/C14H18N6O2/c1-3-20-9-7-5-4-6-8(9)11(21)10(12(20)22)14(2)16-13(17-15)18-19-14/h4-7,19,21H,3,15H2,1-2H3,(H2,16,17,18). The maximum Gasteiger partial charge on any atom is 0.261 e. The van der Waals surface area contributed by atoms with Crippen molar-refractivity contribution in [3.8, 4) is 5.75 Å². The summed E-state index contributed by atoms with van der Waals surface area (Å²) in [7, 11) is 0. The summed E-state index contributed by atoms with van der Waals surface area (Å²) in [5, 5.41) is 11.2. The smallest absolute Gasteiger partial charge is 0.261 e. The number of hydrazine groups is 2.